The fraction of sp³-hybridized carbons (Fsp3) is 0.292. The number of aromatic nitrogens is 3. The summed E-state index contributed by atoms with van der Waals surface area (Å²) in [5.41, 5.74) is 2.83. The van der Waals surface area contributed by atoms with Crippen molar-refractivity contribution in [2.24, 2.45) is 0 Å². The van der Waals surface area contributed by atoms with Gasteiger partial charge in [-0.2, -0.15) is 5.10 Å². The molecule has 1 aromatic heterocycles. The molecule has 0 aliphatic carbocycles. The SMILES string of the molecule is Cc1ccc(C)c(N2C(=O)c3ccc(C(=O)N4CCCC(c5n[nH]c(=O)[nH]5)C4)cc3C2=O)c1. The molecule has 168 valence electrons. The molecule has 3 amide bonds. The first-order chi connectivity index (χ1) is 15.8. The van der Waals surface area contributed by atoms with E-state index in [1.54, 1.807) is 17.0 Å². The third-order valence-corrected chi connectivity index (χ3v) is 6.35. The first-order valence-corrected chi connectivity index (χ1v) is 10.9. The number of anilines is 1. The highest BCUT2D eigenvalue weighted by Gasteiger charge is 2.38. The normalized spacial score (nSPS) is 18.1. The van der Waals surface area contributed by atoms with Crippen molar-refractivity contribution in [3.05, 3.63) is 80.5 Å². The molecular formula is C24H23N5O4. The van der Waals surface area contributed by atoms with Crippen molar-refractivity contribution in [3.63, 3.8) is 0 Å². The molecule has 5 rings (SSSR count). The predicted molar refractivity (Wildman–Crippen MR) is 121 cm³/mol. The average molecular weight is 445 g/mol. The van der Waals surface area contributed by atoms with E-state index >= 15 is 0 Å². The highest BCUT2D eigenvalue weighted by molar-refractivity contribution is 6.35. The number of H-pyrrole nitrogens is 2. The Hall–Kier alpha value is -4.01. The van der Waals surface area contributed by atoms with Gasteiger partial charge in [-0.3, -0.25) is 19.4 Å². The Bertz CT molecular complexity index is 1350. The van der Waals surface area contributed by atoms with E-state index in [4.69, 9.17) is 0 Å². The summed E-state index contributed by atoms with van der Waals surface area (Å²) in [6.45, 7) is 4.75. The number of nitrogens with zero attached hydrogens (tertiary/aromatic N) is 3. The number of aryl methyl sites for hydroxylation is 2. The van der Waals surface area contributed by atoms with Crippen LogP contribution in [0.25, 0.3) is 0 Å². The molecule has 0 saturated carbocycles. The van der Waals surface area contributed by atoms with E-state index in [0.717, 1.165) is 24.0 Å². The number of aromatic amines is 2. The first kappa shape index (κ1) is 20.9. The molecule has 2 N–H and O–H groups in total. The third-order valence-electron chi connectivity index (χ3n) is 6.35. The molecule has 1 atom stereocenters. The summed E-state index contributed by atoms with van der Waals surface area (Å²) in [6, 6.07) is 10.3. The minimum atomic E-state index is -0.427. The van der Waals surface area contributed by atoms with Gasteiger partial charge in [-0.25, -0.2) is 14.8 Å². The number of amides is 3. The second-order valence-corrected chi connectivity index (χ2v) is 8.65. The van der Waals surface area contributed by atoms with Crippen molar-refractivity contribution in [2.75, 3.05) is 18.0 Å². The van der Waals surface area contributed by atoms with Crippen molar-refractivity contribution in [3.8, 4) is 0 Å². The first-order valence-electron chi connectivity index (χ1n) is 10.9. The molecule has 2 aliphatic heterocycles. The van der Waals surface area contributed by atoms with E-state index < -0.39 is 5.91 Å². The van der Waals surface area contributed by atoms with E-state index in [0.29, 0.717) is 35.7 Å². The molecule has 1 fully saturated rings. The number of likely N-dealkylation sites (tertiary alicyclic amines) is 1. The van der Waals surface area contributed by atoms with E-state index in [1.807, 2.05) is 32.0 Å². The number of imide groups is 1. The maximum atomic E-state index is 13.2. The molecule has 1 unspecified atom stereocenters. The quantitative estimate of drug-likeness (QED) is 0.601. The van der Waals surface area contributed by atoms with Crippen LogP contribution >= 0.6 is 0 Å². The number of benzene rings is 2. The van der Waals surface area contributed by atoms with Crippen LogP contribution < -0.4 is 10.6 Å². The summed E-state index contributed by atoms with van der Waals surface area (Å²) in [5.74, 6) is -0.562. The monoisotopic (exact) mass is 445 g/mol. The van der Waals surface area contributed by atoms with Crippen LogP contribution in [-0.4, -0.2) is 50.9 Å². The second kappa shape index (κ2) is 7.84. The van der Waals surface area contributed by atoms with Crippen molar-refractivity contribution < 1.29 is 14.4 Å². The van der Waals surface area contributed by atoms with Gasteiger partial charge in [-0.1, -0.05) is 12.1 Å². The Kier molecular flexibility index (Phi) is 4.96. The van der Waals surface area contributed by atoms with Crippen molar-refractivity contribution in [2.45, 2.75) is 32.6 Å². The van der Waals surface area contributed by atoms with Crippen LogP contribution in [0.3, 0.4) is 0 Å². The summed E-state index contributed by atoms with van der Waals surface area (Å²) in [4.78, 5) is 56.4. The molecule has 0 spiro atoms. The summed E-state index contributed by atoms with van der Waals surface area (Å²) in [5, 5.41) is 6.37. The fourth-order valence-corrected chi connectivity index (χ4v) is 4.60. The molecule has 9 heteroatoms. The van der Waals surface area contributed by atoms with Gasteiger partial charge in [0.05, 0.1) is 16.8 Å². The Morgan fingerprint density at radius 3 is 2.58 bits per heavy atom. The zero-order chi connectivity index (χ0) is 23.3. The molecular weight excluding hydrogens is 422 g/mol. The Morgan fingerprint density at radius 1 is 1.03 bits per heavy atom. The van der Waals surface area contributed by atoms with E-state index in [-0.39, 0.29) is 29.0 Å². The van der Waals surface area contributed by atoms with Crippen LogP contribution in [-0.2, 0) is 0 Å². The molecule has 33 heavy (non-hydrogen) atoms. The molecule has 0 bridgehead atoms. The zero-order valence-corrected chi connectivity index (χ0v) is 18.3. The standard InChI is InChI=1S/C24H23N5O4/c1-13-5-6-14(2)19(10-13)29-22(31)17-8-7-15(11-18(17)23(29)32)21(30)28-9-3-4-16(12-28)20-25-24(33)27-26-20/h5-8,10-11,16H,3-4,9,12H2,1-2H3,(H2,25,26,27,33). The summed E-state index contributed by atoms with van der Waals surface area (Å²) >= 11 is 0. The minimum Gasteiger partial charge on any atom is -0.338 e. The van der Waals surface area contributed by atoms with E-state index in [9.17, 15) is 19.2 Å². The predicted octanol–water partition coefficient (Wildman–Crippen LogP) is 2.54. The van der Waals surface area contributed by atoms with Crippen molar-refractivity contribution in [1.29, 1.82) is 0 Å². The molecule has 2 aromatic carbocycles. The van der Waals surface area contributed by atoms with Crippen LogP contribution in [0.5, 0.6) is 0 Å². The molecule has 3 aromatic rings. The number of fused-ring (bicyclic) bond motifs is 1. The van der Waals surface area contributed by atoms with Gasteiger partial charge in [0.1, 0.15) is 5.82 Å². The van der Waals surface area contributed by atoms with Gasteiger partial charge >= 0.3 is 5.69 Å². The summed E-state index contributed by atoms with van der Waals surface area (Å²) in [6.07, 6.45) is 1.58. The molecule has 2 aliphatic rings. The van der Waals surface area contributed by atoms with Crippen molar-refractivity contribution >= 4 is 23.4 Å². The number of carbonyl (C=O) groups excluding carboxylic acids is 3. The summed E-state index contributed by atoms with van der Waals surface area (Å²) in [7, 11) is 0. The Labute approximate surface area is 189 Å². The Balaban J connectivity index is 1.42. The minimum absolute atomic E-state index is 0.0703. The highest BCUT2D eigenvalue weighted by atomic mass is 16.2. The topological polar surface area (TPSA) is 119 Å². The number of piperidine rings is 1. The molecule has 0 radical (unpaired) electrons. The maximum absolute atomic E-state index is 13.2. The van der Waals surface area contributed by atoms with Crippen molar-refractivity contribution in [1.82, 2.24) is 20.1 Å². The van der Waals surface area contributed by atoms with Gasteiger partial charge in [0, 0.05) is 24.6 Å². The van der Waals surface area contributed by atoms with Gasteiger partial charge < -0.3 is 4.90 Å². The highest BCUT2D eigenvalue weighted by Crippen LogP contribution is 2.32. The van der Waals surface area contributed by atoms with Gasteiger partial charge in [-0.05, 0) is 62.1 Å². The third kappa shape index (κ3) is 3.55. The van der Waals surface area contributed by atoms with Gasteiger partial charge in [-0.15, -0.1) is 0 Å². The molecule has 1 saturated heterocycles. The molecule has 3 heterocycles. The van der Waals surface area contributed by atoms with Gasteiger partial charge in [0.2, 0.25) is 0 Å². The van der Waals surface area contributed by atoms with Crippen LogP contribution in [0.15, 0.2) is 41.2 Å². The average Bonchev–Trinajstić information content (AvgIpc) is 3.36. The lowest BCUT2D eigenvalue weighted by Gasteiger charge is -2.31. The number of nitrogens with one attached hydrogen (secondary N) is 2. The lowest BCUT2D eigenvalue weighted by molar-refractivity contribution is 0.0704. The van der Waals surface area contributed by atoms with Crippen LogP contribution in [0, 0.1) is 13.8 Å². The van der Waals surface area contributed by atoms with Gasteiger partial charge in [0.25, 0.3) is 17.7 Å². The smallest absolute Gasteiger partial charge is 0.338 e. The van der Waals surface area contributed by atoms with Crippen LogP contribution in [0.4, 0.5) is 5.69 Å². The lowest BCUT2D eigenvalue weighted by atomic mass is 9.96. The van der Waals surface area contributed by atoms with E-state index in [2.05, 4.69) is 15.2 Å². The number of rotatable bonds is 3. The number of hydrogen-bond donors (Lipinski definition) is 2. The largest absolute Gasteiger partial charge is 0.340 e. The van der Waals surface area contributed by atoms with Gasteiger partial charge in [0.15, 0.2) is 0 Å². The maximum Gasteiger partial charge on any atom is 0.340 e. The zero-order valence-electron chi connectivity index (χ0n) is 18.3. The lowest BCUT2D eigenvalue weighted by Crippen LogP contribution is -2.39. The van der Waals surface area contributed by atoms with Crippen LogP contribution in [0.2, 0.25) is 0 Å². The fourth-order valence-electron chi connectivity index (χ4n) is 4.60. The number of hydrogen-bond acceptors (Lipinski definition) is 5. The summed E-state index contributed by atoms with van der Waals surface area (Å²) < 4.78 is 0. The second-order valence-electron chi connectivity index (χ2n) is 8.65. The Morgan fingerprint density at radius 2 is 1.82 bits per heavy atom. The van der Waals surface area contributed by atoms with E-state index in [1.165, 1.54) is 11.0 Å². The van der Waals surface area contributed by atoms with Crippen LogP contribution in [0.1, 0.15) is 66.8 Å². The molecule has 9 nitrogen and oxygen atoms in total. The number of carbonyl (C=O) groups is 3.